The zero-order chi connectivity index (χ0) is 12.6. The molecule has 3 aliphatic rings. The largest absolute Gasteiger partial charge is 0.377 e. The molecule has 1 spiro atoms. The number of hydrogen-bond acceptors (Lipinski definition) is 4. The van der Waals surface area contributed by atoms with Crippen molar-refractivity contribution >= 4 is 0 Å². The molecule has 2 unspecified atom stereocenters. The van der Waals surface area contributed by atoms with Crippen molar-refractivity contribution in [1.82, 2.24) is 5.43 Å². The zero-order valence-electron chi connectivity index (χ0n) is 11.4. The van der Waals surface area contributed by atoms with Gasteiger partial charge < -0.3 is 9.47 Å². The molecule has 0 amide bonds. The van der Waals surface area contributed by atoms with Crippen LogP contribution in [0.5, 0.6) is 0 Å². The van der Waals surface area contributed by atoms with Crippen molar-refractivity contribution in [2.75, 3.05) is 13.7 Å². The lowest BCUT2D eigenvalue weighted by atomic mass is 9.64. The third-order valence-corrected chi connectivity index (χ3v) is 5.62. The summed E-state index contributed by atoms with van der Waals surface area (Å²) in [5.41, 5.74) is 3.25. The molecule has 0 aromatic carbocycles. The van der Waals surface area contributed by atoms with Crippen molar-refractivity contribution in [2.24, 2.45) is 11.8 Å². The van der Waals surface area contributed by atoms with Crippen molar-refractivity contribution < 1.29 is 9.47 Å². The quantitative estimate of drug-likeness (QED) is 0.592. The van der Waals surface area contributed by atoms with Gasteiger partial charge in [-0.2, -0.15) is 0 Å². The highest BCUT2D eigenvalue weighted by molar-refractivity contribution is 5.05. The number of rotatable bonds is 4. The van der Waals surface area contributed by atoms with Crippen LogP contribution in [0.25, 0.3) is 0 Å². The molecule has 2 atom stereocenters. The molecule has 3 rings (SSSR count). The van der Waals surface area contributed by atoms with Gasteiger partial charge in [0.25, 0.3) is 0 Å². The van der Waals surface area contributed by atoms with Crippen LogP contribution >= 0.6 is 0 Å². The fraction of sp³-hybridized carbons (Fsp3) is 1.00. The van der Waals surface area contributed by atoms with Gasteiger partial charge in [-0.25, -0.2) is 0 Å². The normalized spacial score (nSPS) is 34.7. The molecular formula is C14H26N2O2. The molecule has 2 saturated carbocycles. The standard InChI is InChI=1S/C14H26N2O2/c1-17-14(7-3-8-14)12(16-15)11-4-9-18-13(10-11)5-2-6-13/h11-12,16H,2-10,15H2,1H3. The van der Waals surface area contributed by atoms with E-state index in [4.69, 9.17) is 15.3 Å². The summed E-state index contributed by atoms with van der Waals surface area (Å²) in [4.78, 5) is 0. The first kappa shape index (κ1) is 12.9. The van der Waals surface area contributed by atoms with Gasteiger partial charge >= 0.3 is 0 Å². The molecule has 0 aromatic heterocycles. The minimum Gasteiger partial charge on any atom is -0.377 e. The number of hydrogen-bond donors (Lipinski definition) is 2. The molecule has 0 radical (unpaired) electrons. The predicted octanol–water partition coefficient (Wildman–Crippen LogP) is 1.74. The maximum atomic E-state index is 6.01. The van der Waals surface area contributed by atoms with Crippen molar-refractivity contribution in [2.45, 2.75) is 68.6 Å². The minimum atomic E-state index is -0.0122. The molecule has 0 bridgehead atoms. The second-order valence-electron chi connectivity index (χ2n) is 6.40. The SMILES string of the molecule is COC1(C(NN)C2CCOC3(CCC3)C2)CCC1. The smallest absolute Gasteiger partial charge is 0.0847 e. The summed E-state index contributed by atoms with van der Waals surface area (Å²) in [6, 6.07) is 0.289. The van der Waals surface area contributed by atoms with Crippen LogP contribution < -0.4 is 11.3 Å². The highest BCUT2D eigenvalue weighted by Crippen LogP contribution is 2.48. The number of nitrogens with two attached hydrogens (primary N) is 1. The van der Waals surface area contributed by atoms with Gasteiger partial charge in [-0.15, -0.1) is 0 Å². The molecule has 4 heteroatoms. The van der Waals surface area contributed by atoms with Crippen LogP contribution in [0.2, 0.25) is 0 Å². The molecule has 3 fully saturated rings. The summed E-state index contributed by atoms with van der Waals surface area (Å²) >= 11 is 0. The molecule has 18 heavy (non-hydrogen) atoms. The van der Waals surface area contributed by atoms with E-state index < -0.39 is 0 Å². The summed E-state index contributed by atoms with van der Waals surface area (Å²) in [6.45, 7) is 0.892. The predicted molar refractivity (Wildman–Crippen MR) is 70.0 cm³/mol. The number of methoxy groups -OCH3 is 1. The Kier molecular flexibility index (Phi) is 3.39. The molecule has 1 aliphatic heterocycles. The molecule has 104 valence electrons. The lowest BCUT2D eigenvalue weighted by molar-refractivity contribution is -0.171. The molecule has 3 N–H and O–H groups in total. The van der Waals surface area contributed by atoms with Crippen LogP contribution in [0.4, 0.5) is 0 Å². The highest BCUT2D eigenvalue weighted by Gasteiger charge is 2.51. The maximum Gasteiger partial charge on any atom is 0.0847 e. The van der Waals surface area contributed by atoms with Crippen molar-refractivity contribution in [3.63, 3.8) is 0 Å². The number of hydrazine groups is 1. The van der Waals surface area contributed by atoms with Gasteiger partial charge in [0.05, 0.1) is 17.2 Å². The van der Waals surface area contributed by atoms with Gasteiger partial charge in [0.15, 0.2) is 0 Å². The fourth-order valence-electron chi connectivity index (χ4n) is 4.15. The van der Waals surface area contributed by atoms with Gasteiger partial charge in [0.2, 0.25) is 0 Å². The molecule has 4 nitrogen and oxygen atoms in total. The van der Waals surface area contributed by atoms with E-state index in [0.29, 0.717) is 5.92 Å². The van der Waals surface area contributed by atoms with Crippen LogP contribution in [-0.2, 0) is 9.47 Å². The van der Waals surface area contributed by atoms with Crippen molar-refractivity contribution in [3.8, 4) is 0 Å². The monoisotopic (exact) mass is 254 g/mol. The van der Waals surface area contributed by atoms with Gasteiger partial charge in [-0.3, -0.25) is 11.3 Å². The Hall–Kier alpha value is -0.160. The lowest BCUT2D eigenvalue weighted by Crippen LogP contribution is -2.63. The first-order valence-electron chi connectivity index (χ1n) is 7.39. The summed E-state index contributed by atoms with van der Waals surface area (Å²) in [5, 5.41) is 0. The summed E-state index contributed by atoms with van der Waals surface area (Å²) in [7, 11) is 1.84. The first-order valence-corrected chi connectivity index (χ1v) is 7.39. The van der Waals surface area contributed by atoms with E-state index in [1.807, 2.05) is 7.11 Å². The van der Waals surface area contributed by atoms with E-state index in [1.165, 1.54) is 25.7 Å². The Morgan fingerprint density at radius 3 is 2.44 bits per heavy atom. The Morgan fingerprint density at radius 1 is 1.28 bits per heavy atom. The zero-order valence-corrected chi connectivity index (χ0v) is 11.4. The molecule has 0 aromatic rings. The second-order valence-corrected chi connectivity index (χ2v) is 6.40. The summed E-state index contributed by atoms with van der Waals surface area (Å²) in [5.74, 6) is 6.45. The number of ether oxygens (including phenoxy) is 2. The van der Waals surface area contributed by atoms with Gasteiger partial charge in [-0.05, 0) is 57.3 Å². The van der Waals surface area contributed by atoms with Crippen molar-refractivity contribution in [3.05, 3.63) is 0 Å². The molecular weight excluding hydrogens is 228 g/mol. The molecule has 1 heterocycles. The van der Waals surface area contributed by atoms with Gasteiger partial charge in [0.1, 0.15) is 0 Å². The summed E-state index contributed by atoms with van der Waals surface area (Å²) in [6.07, 6.45) is 9.62. The van der Waals surface area contributed by atoms with E-state index in [9.17, 15) is 0 Å². The van der Waals surface area contributed by atoms with E-state index in [1.54, 1.807) is 0 Å². The van der Waals surface area contributed by atoms with Crippen LogP contribution in [0, 0.1) is 5.92 Å². The highest BCUT2D eigenvalue weighted by atomic mass is 16.5. The van der Waals surface area contributed by atoms with Crippen LogP contribution in [-0.4, -0.2) is 31.0 Å². The van der Waals surface area contributed by atoms with Crippen LogP contribution in [0.1, 0.15) is 51.4 Å². The fourth-order valence-corrected chi connectivity index (χ4v) is 4.15. The third-order valence-electron chi connectivity index (χ3n) is 5.62. The van der Waals surface area contributed by atoms with E-state index in [2.05, 4.69) is 5.43 Å². The third kappa shape index (κ3) is 1.90. The maximum absolute atomic E-state index is 6.01. The Bertz CT molecular complexity index is 295. The number of nitrogens with one attached hydrogen (secondary N) is 1. The van der Waals surface area contributed by atoms with Crippen molar-refractivity contribution in [1.29, 1.82) is 0 Å². The Balaban J connectivity index is 1.71. The average Bonchev–Trinajstić information content (AvgIpc) is 2.32. The Labute approximate surface area is 110 Å². The summed E-state index contributed by atoms with van der Waals surface area (Å²) < 4.78 is 11.8. The van der Waals surface area contributed by atoms with E-state index in [0.717, 1.165) is 32.3 Å². The lowest BCUT2D eigenvalue weighted by Gasteiger charge is -2.54. The van der Waals surface area contributed by atoms with Crippen LogP contribution in [0.3, 0.4) is 0 Å². The Morgan fingerprint density at radius 2 is 2.00 bits per heavy atom. The van der Waals surface area contributed by atoms with Gasteiger partial charge in [0, 0.05) is 13.7 Å². The molecule has 2 aliphatic carbocycles. The first-order chi connectivity index (χ1) is 8.74. The van der Waals surface area contributed by atoms with Crippen LogP contribution in [0.15, 0.2) is 0 Å². The van der Waals surface area contributed by atoms with E-state index in [-0.39, 0.29) is 17.2 Å². The second kappa shape index (κ2) is 4.75. The topological polar surface area (TPSA) is 56.5 Å². The van der Waals surface area contributed by atoms with E-state index >= 15 is 0 Å². The minimum absolute atomic E-state index is 0.0122. The molecule has 1 saturated heterocycles. The van der Waals surface area contributed by atoms with Gasteiger partial charge in [-0.1, -0.05) is 0 Å². The average molecular weight is 254 g/mol.